The van der Waals surface area contributed by atoms with Gasteiger partial charge in [0.25, 0.3) is 5.91 Å². The number of rotatable bonds is 5. The molecule has 1 amide bonds. The van der Waals surface area contributed by atoms with Crippen LogP contribution in [0.1, 0.15) is 22.0 Å². The van der Waals surface area contributed by atoms with Crippen LogP contribution in [0, 0.1) is 0 Å². The van der Waals surface area contributed by atoms with E-state index in [1.807, 2.05) is 18.2 Å². The first-order valence-electron chi connectivity index (χ1n) is 5.14. The summed E-state index contributed by atoms with van der Waals surface area (Å²) in [5, 5.41) is 2.93. The summed E-state index contributed by atoms with van der Waals surface area (Å²) >= 11 is 5.61. The van der Waals surface area contributed by atoms with E-state index in [1.165, 1.54) is 0 Å². The summed E-state index contributed by atoms with van der Waals surface area (Å²) in [4.78, 5) is 11.7. The number of hydrogen-bond acceptors (Lipinski definition) is 3. The van der Waals surface area contributed by atoms with Crippen LogP contribution in [0.2, 0.25) is 0 Å². The molecule has 92 valence electrons. The largest absolute Gasteiger partial charge is 0.378 e. The molecule has 0 aromatic heterocycles. The van der Waals surface area contributed by atoms with Crippen LogP contribution in [0.15, 0.2) is 22.7 Å². The van der Waals surface area contributed by atoms with Crippen LogP contribution in [0.25, 0.3) is 0 Å². The zero-order chi connectivity index (χ0) is 12.3. The van der Waals surface area contributed by atoms with Crippen molar-refractivity contribution in [3.05, 3.63) is 33.8 Å². The molecule has 1 heterocycles. The lowest BCUT2D eigenvalue weighted by Gasteiger charge is -2.11. The molecule has 1 unspecified atom stereocenters. The van der Waals surface area contributed by atoms with E-state index in [1.54, 1.807) is 8.93 Å². The second-order valence-corrected chi connectivity index (χ2v) is 7.06. The van der Waals surface area contributed by atoms with Crippen LogP contribution >= 0.6 is 46.1 Å². The van der Waals surface area contributed by atoms with Gasteiger partial charge in [-0.25, -0.2) is 0 Å². The van der Waals surface area contributed by atoms with Crippen molar-refractivity contribution >= 4 is 52.0 Å². The molecule has 1 aromatic rings. The molecule has 1 aromatic carbocycles. The number of hydrogen-bond donors (Lipinski definition) is 1. The highest BCUT2D eigenvalue weighted by Crippen LogP contribution is 2.28. The average Bonchev–Trinajstić information content (AvgIpc) is 2.62. The Balaban J connectivity index is 2.01. The van der Waals surface area contributed by atoms with E-state index in [2.05, 4.69) is 42.5 Å². The summed E-state index contributed by atoms with van der Waals surface area (Å²) in [5.41, 5.74) is 1.77. The molecule has 0 fully saturated rings. The average molecular weight is 428 g/mol. The van der Waals surface area contributed by atoms with E-state index in [9.17, 15) is 4.79 Å². The first-order valence-corrected chi connectivity index (χ1v) is 9.46. The third-order valence-corrected chi connectivity index (χ3v) is 4.67. The van der Waals surface area contributed by atoms with Crippen molar-refractivity contribution in [2.45, 2.75) is 6.04 Å². The molecule has 1 aliphatic rings. The van der Waals surface area contributed by atoms with Crippen LogP contribution in [0.3, 0.4) is 0 Å². The molecule has 1 aliphatic heterocycles. The van der Waals surface area contributed by atoms with Gasteiger partial charge in [-0.3, -0.25) is 4.79 Å². The van der Waals surface area contributed by atoms with Gasteiger partial charge in [0.15, 0.2) is 0 Å². The Hall–Kier alpha value is 0.210. The summed E-state index contributed by atoms with van der Waals surface area (Å²) < 4.78 is 6.47. The molecule has 1 N–H and O–H groups in total. The van der Waals surface area contributed by atoms with Gasteiger partial charge in [0.1, 0.15) is 0 Å². The van der Waals surface area contributed by atoms with Gasteiger partial charge in [0, 0.05) is 15.8 Å². The molecule has 17 heavy (non-hydrogen) atoms. The molecule has 0 bridgehead atoms. The van der Waals surface area contributed by atoms with Crippen molar-refractivity contribution < 1.29 is 9.53 Å². The van der Waals surface area contributed by atoms with Gasteiger partial charge in [0.2, 0.25) is 0 Å². The number of nitrogens with one attached hydrogen (secondary N) is 1. The Kier molecular flexibility index (Phi) is 5.13. The molecular formula is C11H11BrINO2S. The lowest BCUT2D eigenvalue weighted by Crippen LogP contribution is -2.23. The SMILES string of the molecule is O=C1NC(COCCSI)c2ccc(Br)cc21. The lowest BCUT2D eigenvalue weighted by atomic mass is 10.1. The minimum Gasteiger partial charge on any atom is -0.378 e. The van der Waals surface area contributed by atoms with Crippen LogP contribution in [-0.4, -0.2) is 24.9 Å². The molecule has 0 saturated carbocycles. The molecule has 0 spiro atoms. The third-order valence-electron chi connectivity index (χ3n) is 2.53. The van der Waals surface area contributed by atoms with Crippen LogP contribution in [0.5, 0.6) is 0 Å². The number of halogens is 2. The summed E-state index contributed by atoms with van der Waals surface area (Å²) in [5.74, 6) is 0.951. The van der Waals surface area contributed by atoms with E-state index < -0.39 is 0 Å². The first-order chi connectivity index (χ1) is 8.22. The van der Waals surface area contributed by atoms with Crippen LogP contribution in [0.4, 0.5) is 0 Å². The van der Waals surface area contributed by atoms with E-state index >= 15 is 0 Å². The summed E-state index contributed by atoms with van der Waals surface area (Å²) in [7, 11) is 1.72. The Morgan fingerprint density at radius 3 is 3.12 bits per heavy atom. The van der Waals surface area contributed by atoms with Crippen LogP contribution in [-0.2, 0) is 4.74 Å². The van der Waals surface area contributed by atoms with Gasteiger partial charge in [-0.1, -0.05) is 30.9 Å². The molecule has 0 saturated heterocycles. The van der Waals surface area contributed by atoms with E-state index in [4.69, 9.17) is 4.74 Å². The molecular weight excluding hydrogens is 417 g/mol. The van der Waals surface area contributed by atoms with Gasteiger partial charge in [-0.15, -0.1) is 0 Å². The maximum atomic E-state index is 11.7. The highest BCUT2D eigenvalue weighted by atomic mass is 127. The summed E-state index contributed by atoms with van der Waals surface area (Å²) in [6.45, 7) is 1.25. The monoisotopic (exact) mass is 427 g/mol. The number of ether oxygens (including phenoxy) is 1. The van der Waals surface area contributed by atoms with Gasteiger partial charge in [0.05, 0.1) is 19.3 Å². The zero-order valence-corrected chi connectivity index (χ0v) is 13.5. The smallest absolute Gasteiger partial charge is 0.252 e. The third kappa shape index (κ3) is 3.36. The van der Waals surface area contributed by atoms with Crippen molar-refractivity contribution in [2.24, 2.45) is 0 Å². The Morgan fingerprint density at radius 2 is 2.35 bits per heavy atom. The maximum Gasteiger partial charge on any atom is 0.252 e. The van der Waals surface area contributed by atoms with Crippen molar-refractivity contribution in [3.63, 3.8) is 0 Å². The first kappa shape index (κ1) is 13.6. The number of amides is 1. The Bertz CT molecular complexity index is 430. The van der Waals surface area contributed by atoms with Gasteiger partial charge in [-0.2, -0.15) is 0 Å². The second kappa shape index (κ2) is 6.40. The fourth-order valence-electron chi connectivity index (χ4n) is 1.77. The van der Waals surface area contributed by atoms with E-state index in [0.29, 0.717) is 13.2 Å². The standard InChI is InChI=1S/C11H11BrINO2S/c12-7-1-2-8-9(5-7)11(15)14-10(8)6-16-3-4-17-13/h1-2,5,10H,3-4,6H2,(H,14,15). The zero-order valence-electron chi connectivity index (χ0n) is 8.91. The number of benzene rings is 1. The van der Waals surface area contributed by atoms with Crippen molar-refractivity contribution in [1.29, 1.82) is 0 Å². The molecule has 3 nitrogen and oxygen atoms in total. The molecule has 2 rings (SSSR count). The molecule has 0 radical (unpaired) electrons. The van der Waals surface area contributed by atoms with E-state index in [-0.39, 0.29) is 11.9 Å². The van der Waals surface area contributed by atoms with Gasteiger partial charge >= 0.3 is 0 Å². The van der Waals surface area contributed by atoms with Crippen LogP contribution < -0.4 is 5.32 Å². The van der Waals surface area contributed by atoms with E-state index in [0.717, 1.165) is 21.4 Å². The molecule has 1 atom stereocenters. The fraction of sp³-hybridized carbons (Fsp3) is 0.364. The van der Waals surface area contributed by atoms with Gasteiger partial charge in [-0.05, 0) is 38.9 Å². The normalized spacial score (nSPS) is 18.0. The summed E-state index contributed by atoms with van der Waals surface area (Å²) in [6.07, 6.45) is 0. The highest BCUT2D eigenvalue weighted by molar-refractivity contribution is 14.2. The number of carbonyl (C=O) groups excluding carboxylic acids is 1. The minimum atomic E-state index is -0.0156. The second-order valence-electron chi connectivity index (χ2n) is 3.65. The lowest BCUT2D eigenvalue weighted by molar-refractivity contribution is 0.0901. The predicted octanol–water partition coefficient (Wildman–Crippen LogP) is 3.33. The predicted molar refractivity (Wildman–Crippen MR) is 81.6 cm³/mol. The Labute approximate surface area is 125 Å². The van der Waals surface area contributed by atoms with Crippen molar-refractivity contribution in [1.82, 2.24) is 5.32 Å². The summed E-state index contributed by atoms with van der Waals surface area (Å²) in [6, 6.07) is 5.76. The Morgan fingerprint density at radius 1 is 1.53 bits per heavy atom. The maximum absolute atomic E-state index is 11.7. The van der Waals surface area contributed by atoms with Crippen molar-refractivity contribution in [2.75, 3.05) is 19.0 Å². The quantitative estimate of drug-likeness (QED) is 0.578. The molecule has 6 heteroatoms. The topological polar surface area (TPSA) is 38.3 Å². The fourth-order valence-corrected chi connectivity index (χ4v) is 2.85. The van der Waals surface area contributed by atoms with Gasteiger partial charge < -0.3 is 10.1 Å². The highest BCUT2D eigenvalue weighted by Gasteiger charge is 2.28. The van der Waals surface area contributed by atoms with Crippen molar-refractivity contribution in [3.8, 4) is 0 Å². The molecule has 0 aliphatic carbocycles. The number of fused-ring (bicyclic) bond motifs is 1. The number of carbonyl (C=O) groups is 1. The minimum absolute atomic E-state index is 0.00943.